The maximum absolute atomic E-state index is 12.5. The van der Waals surface area contributed by atoms with Crippen molar-refractivity contribution in [3.05, 3.63) is 347 Å². The summed E-state index contributed by atoms with van der Waals surface area (Å²) in [7, 11) is 1.00. The van der Waals surface area contributed by atoms with E-state index >= 15 is 0 Å². The van der Waals surface area contributed by atoms with Crippen LogP contribution in [0.1, 0.15) is 167 Å². The third kappa shape index (κ3) is 29.4. The number of aryl methyl sites for hydroxylation is 4. The first-order valence-corrected chi connectivity index (χ1v) is 34.2. The van der Waals surface area contributed by atoms with E-state index in [0.717, 1.165) is 62.7 Å². The van der Waals surface area contributed by atoms with E-state index in [-0.39, 0.29) is 97.0 Å². The topological polar surface area (TPSA) is 306 Å². The molecule has 0 aliphatic carbocycles. The zero-order valence-corrected chi connectivity index (χ0v) is 65.6. The first-order chi connectivity index (χ1) is 50.6. The van der Waals surface area contributed by atoms with Gasteiger partial charge in [0.15, 0.2) is 40.9 Å². The van der Waals surface area contributed by atoms with Crippen molar-refractivity contribution >= 4 is 95.3 Å². The quantitative estimate of drug-likeness (QED) is 0.0136. The molecule has 2 heterocycles. The Morgan fingerprint density at radius 1 is 0.481 bits per heavy atom. The molecule has 23 heteroatoms. The van der Waals surface area contributed by atoms with Gasteiger partial charge in [-0.15, -0.1) is 0 Å². The summed E-state index contributed by atoms with van der Waals surface area (Å²) >= 11 is 11.8. The number of ether oxygens (including phenoxy) is 2. The Kier molecular flexibility index (Phi) is 37.2. The van der Waals surface area contributed by atoms with Gasteiger partial charge in [0.05, 0.1) is 16.1 Å². The van der Waals surface area contributed by atoms with Crippen LogP contribution in [-0.2, 0) is 12.8 Å². The average Bonchev–Trinajstić information content (AvgIpc) is 0.845. The van der Waals surface area contributed by atoms with Gasteiger partial charge in [-0.25, -0.2) is 4.98 Å². The number of aliphatic hydroxyl groups is 2. The number of nitrogens with two attached hydrogens (primary N) is 2. The van der Waals surface area contributed by atoms with Gasteiger partial charge in [-0.1, -0.05) is 185 Å². The average molecular weight is 1500 g/mol. The van der Waals surface area contributed by atoms with Crippen LogP contribution in [0.2, 0.25) is 10.0 Å². The van der Waals surface area contributed by atoms with Crippen molar-refractivity contribution in [2.24, 2.45) is 0 Å². The van der Waals surface area contributed by atoms with Gasteiger partial charge in [0.25, 0.3) is 11.8 Å². The van der Waals surface area contributed by atoms with Gasteiger partial charge in [0, 0.05) is 97.1 Å². The molecule has 9 aromatic carbocycles. The minimum atomic E-state index is -0.628. The van der Waals surface area contributed by atoms with Crippen LogP contribution >= 0.6 is 23.2 Å². The Labute approximate surface area is 665 Å². The summed E-state index contributed by atoms with van der Waals surface area (Å²) in [5.74, 6) is 0.114. The summed E-state index contributed by atoms with van der Waals surface area (Å²) in [4.78, 5) is 89.5. The minimum Gasteiger partial charge on any atom is -1.00 e. The predicted octanol–water partition coefficient (Wildman–Crippen LogP) is 15.3. The van der Waals surface area contributed by atoms with Crippen molar-refractivity contribution < 1.29 is 84.4 Å². The third-order valence-electron chi connectivity index (χ3n) is 15.7. The second-order valence-corrected chi connectivity index (χ2v) is 25.4. The van der Waals surface area contributed by atoms with Crippen LogP contribution in [0.4, 0.5) is 28.7 Å². The molecule has 8 N–H and O–H groups in total. The van der Waals surface area contributed by atoms with Gasteiger partial charge < -0.3 is 53.3 Å². The molecule has 19 nitrogen and oxygen atoms in total. The molecule has 108 heavy (non-hydrogen) atoms. The van der Waals surface area contributed by atoms with Crippen LogP contribution in [0.5, 0.6) is 11.5 Å². The zero-order valence-electron chi connectivity index (χ0n) is 63.0. The summed E-state index contributed by atoms with van der Waals surface area (Å²) in [6.07, 6.45) is 2.01. The number of hydrogen-bond acceptors (Lipinski definition) is 16. The Morgan fingerprint density at radius 3 is 1.27 bits per heavy atom. The molecule has 551 valence electrons. The van der Waals surface area contributed by atoms with Crippen molar-refractivity contribution in [1.82, 2.24) is 9.97 Å². The number of ketones is 4. The maximum atomic E-state index is 12.5. The van der Waals surface area contributed by atoms with Crippen LogP contribution in [0.25, 0.3) is 0 Å². The number of aromatic nitrogens is 2. The molecule has 11 rings (SSSR count). The van der Waals surface area contributed by atoms with E-state index < -0.39 is 22.9 Å². The van der Waals surface area contributed by atoms with Crippen molar-refractivity contribution in [1.29, 1.82) is 0 Å². The SMILES string of the molecule is CC(=O)c1cccc(CC(=O)c2cccc(C)c2)c1.CC(=O)c1cccc(N)c1.CO.Cc1cccc(C(=O)Cc2cccc(C(C)O)c2)c1.Cc1cccc(C(=O)Nc2cccc(C(C)Oc3cc(Cl)cnc3N)c2)c1.Cc1cccc(C(=O)Nc2cccc(C(C)Oc3cc(Cl)cnc3[N+](=O)[O-])c2)c1.[B].[H-].[Na+]. The molecule has 0 bridgehead atoms. The number of halogens is 2. The van der Waals surface area contributed by atoms with Crippen molar-refractivity contribution in [2.75, 3.05) is 29.2 Å². The van der Waals surface area contributed by atoms with Gasteiger partial charge in [0.2, 0.25) is 5.75 Å². The molecule has 0 spiro atoms. The number of Topliss-reactive ketones (excluding diaryl/α,β-unsaturated/α-hetero) is 4. The van der Waals surface area contributed by atoms with Crippen molar-refractivity contribution in [2.45, 2.75) is 93.5 Å². The number of anilines is 4. The molecule has 3 unspecified atom stereocenters. The fourth-order valence-electron chi connectivity index (χ4n) is 10.2. The maximum Gasteiger partial charge on any atom is 1.00 e. The number of benzene rings is 9. The van der Waals surface area contributed by atoms with Gasteiger partial charge >= 0.3 is 35.4 Å². The molecule has 2 aromatic heterocycles. The van der Waals surface area contributed by atoms with Crippen LogP contribution < -0.4 is 61.1 Å². The number of carbonyl (C=O) groups excluding carboxylic acids is 6. The number of nitrogen functional groups attached to an aromatic ring is 2. The normalized spacial score (nSPS) is 10.9. The van der Waals surface area contributed by atoms with Gasteiger partial charge in [-0.3, -0.25) is 28.8 Å². The summed E-state index contributed by atoms with van der Waals surface area (Å²) < 4.78 is 11.6. The van der Waals surface area contributed by atoms with Crippen molar-refractivity contribution in [3.8, 4) is 11.5 Å². The molecule has 0 fully saturated rings. The molecule has 0 saturated heterocycles. The number of pyridine rings is 2. The van der Waals surface area contributed by atoms with Crippen LogP contribution in [-0.4, -0.2) is 75.6 Å². The number of nitrogens with zero attached hydrogens (tertiary/aromatic N) is 3. The third-order valence-corrected chi connectivity index (χ3v) is 16.1. The monoisotopic (exact) mass is 1500 g/mol. The summed E-state index contributed by atoms with van der Waals surface area (Å²) in [6, 6.07) is 69.2. The number of hydrogen-bond donors (Lipinski definition) is 6. The van der Waals surface area contributed by atoms with E-state index in [4.69, 9.17) is 49.2 Å². The van der Waals surface area contributed by atoms with Gasteiger partial charge in [0.1, 0.15) is 12.2 Å². The second kappa shape index (κ2) is 44.9. The molecule has 11 aromatic rings. The van der Waals surface area contributed by atoms with Crippen molar-refractivity contribution in [3.63, 3.8) is 0 Å². The Bertz CT molecular complexity index is 4900. The van der Waals surface area contributed by atoms with Crippen LogP contribution in [0, 0.1) is 37.8 Å². The second-order valence-electron chi connectivity index (χ2n) is 24.5. The fraction of sp³-hybridized carbons (Fsp3) is 0.176. The van der Waals surface area contributed by atoms with Crippen LogP contribution in [0.15, 0.2) is 243 Å². The van der Waals surface area contributed by atoms with E-state index in [2.05, 4.69) is 20.6 Å². The molecule has 2 amide bonds. The summed E-state index contributed by atoms with van der Waals surface area (Å²) in [6.45, 7) is 16.2. The number of carbonyl (C=O) groups is 6. The first-order valence-electron chi connectivity index (χ1n) is 33.5. The minimum absolute atomic E-state index is 0. The van der Waals surface area contributed by atoms with E-state index in [0.29, 0.717) is 68.5 Å². The molecule has 0 saturated carbocycles. The number of nitrogens with one attached hydrogen (secondary N) is 2. The Balaban J connectivity index is 0.000000360. The standard InChI is InChI=1S/C21H18ClN3O4.C21H20ClN3O2.C17H18O2.C17H16O2.C8H9NO.CH4O.B.Na.H/c1-13-5-3-7-16(9-13)21(26)24-18-8-4-6-15(10-18)14(2)29-19-11-17(22)12-23-20(19)25(27)28;1-13-5-3-7-16(9-13)21(26)25-18-8-4-6-15(10-18)14(2)27-19-11-17(22)12-24-20(19)23;2*1-12-5-3-8-16(9-12)17(19)11-14-6-4-7-15(10-14)13(2)18;1-6(10)7-3-2-4-8(9)5-7;1-2;;;/h3-12,14H,1-2H3,(H,24,26);3-12,14H,1-2H3,(H2,23,24)(H,25,26);3-10,13,18H,11H2,1-2H3;3-10H,11H2,1-2H3;2-5H,9H2,1H3;2H,1H3;;;/q;;;;;;;+1;-1. The van der Waals surface area contributed by atoms with E-state index in [1.807, 2.05) is 174 Å². The first kappa shape index (κ1) is 89.5. The van der Waals surface area contributed by atoms with E-state index in [9.17, 15) is 44.0 Å². The van der Waals surface area contributed by atoms with E-state index in [1.54, 1.807) is 98.8 Å². The molecular weight excluding hydrogens is 1420 g/mol. The van der Waals surface area contributed by atoms with E-state index in [1.165, 1.54) is 32.3 Å². The summed E-state index contributed by atoms with van der Waals surface area (Å²) in [5, 5.41) is 34.2. The number of aliphatic hydroxyl groups excluding tert-OH is 2. The zero-order chi connectivity index (χ0) is 77.6. The smallest absolute Gasteiger partial charge is 1.00 e. The van der Waals surface area contributed by atoms with Gasteiger partial charge in [-0.05, 0) is 179 Å². The molecular formula is C85H86BCl2N7NaO12. The number of nitro groups is 1. The predicted molar refractivity (Wildman–Crippen MR) is 427 cm³/mol. The van der Waals surface area contributed by atoms with Gasteiger partial charge in [-0.2, -0.15) is 0 Å². The Morgan fingerprint density at radius 2 is 0.843 bits per heavy atom. The molecule has 3 radical (unpaired) electrons. The van der Waals surface area contributed by atoms with Crippen LogP contribution in [0.3, 0.4) is 0 Å². The molecule has 0 aliphatic heterocycles. The number of rotatable bonds is 20. The molecule has 3 atom stereocenters. The summed E-state index contributed by atoms with van der Waals surface area (Å²) in [5.41, 5.74) is 25.6. The largest absolute Gasteiger partial charge is 1.00 e. The molecule has 0 aliphatic rings. The number of amides is 2. The Hall–Kier alpha value is -10.9. The fourth-order valence-corrected chi connectivity index (χ4v) is 10.5.